The summed E-state index contributed by atoms with van der Waals surface area (Å²) in [4.78, 5) is 19.2. The number of carboxylic acids is 1. The summed E-state index contributed by atoms with van der Waals surface area (Å²) in [5.41, 5.74) is 3.32. The van der Waals surface area contributed by atoms with Crippen LogP contribution in [0.1, 0.15) is 36.2 Å². The van der Waals surface area contributed by atoms with Gasteiger partial charge in [0.05, 0.1) is 0 Å². The number of anilines is 1. The monoisotopic (exact) mass is 235 g/mol. The Morgan fingerprint density at radius 1 is 1.29 bits per heavy atom. The van der Waals surface area contributed by atoms with Gasteiger partial charge in [-0.15, -0.1) is 0 Å². The van der Waals surface area contributed by atoms with Crippen molar-refractivity contribution >= 4 is 11.9 Å². The van der Waals surface area contributed by atoms with Crippen LogP contribution in [0.5, 0.6) is 0 Å². The van der Waals surface area contributed by atoms with Crippen LogP contribution in [0.25, 0.3) is 0 Å². The number of carbonyl (C=O) groups is 1. The predicted molar refractivity (Wildman–Crippen MR) is 64.2 cm³/mol. The van der Waals surface area contributed by atoms with Gasteiger partial charge in [-0.1, -0.05) is 6.42 Å². The second kappa shape index (κ2) is 5.12. The van der Waals surface area contributed by atoms with Crippen molar-refractivity contribution in [3.8, 4) is 0 Å². The summed E-state index contributed by atoms with van der Waals surface area (Å²) in [6.45, 7) is 1.83. The van der Waals surface area contributed by atoms with Crippen LogP contribution in [-0.2, 0) is 17.6 Å². The number of hydrogen-bond acceptors (Lipinski definition) is 4. The first-order valence-electron chi connectivity index (χ1n) is 5.99. The molecule has 1 heterocycles. The molecule has 0 unspecified atom stereocenters. The van der Waals surface area contributed by atoms with Gasteiger partial charge in [0.1, 0.15) is 6.54 Å². The molecule has 0 aliphatic heterocycles. The first-order valence-corrected chi connectivity index (χ1v) is 5.99. The molecule has 92 valence electrons. The molecule has 2 N–H and O–H groups in total. The molecule has 17 heavy (non-hydrogen) atoms. The molecule has 0 fully saturated rings. The second-order valence-electron chi connectivity index (χ2n) is 4.37. The molecule has 1 aromatic heterocycles. The van der Waals surface area contributed by atoms with Gasteiger partial charge in [0, 0.05) is 11.4 Å². The minimum absolute atomic E-state index is 0.141. The maximum absolute atomic E-state index is 10.5. The molecule has 0 spiro atoms. The summed E-state index contributed by atoms with van der Waals surface area (Å²) in [7, 11) is 0. The molecule has 0 bridgehead atoms. The fourth-order valence-electron chi connectivity index (χ4n) is 2.19. The number of aromatic nitrogens is 2. The third kappa shape index (κ3) is 2.93. The molecule has 1 aliphatic carbocycles. The molecule has 5 heteroatoms. The SMILES string of the molecule is Cc1nc(NCC(=O)O)nc2c1CCCCC2. The first kappa shape index (κ1) is 11.8. The fourth-order valence-corrected chi connectivity index (χ4v) is 2.19. The van der Waals surface area contributed by atoms with Crippen molar-refractivity contribution in [2.45, 2.75) is 39.0 Å². The summed E-state index contributed by atoms with van der Waals surface area (Å²) in [6, 6.07) is 0. The van der Waals surface area contributed by atoms with Crippen LogP contribution in [0.4, 0.5) is 5.95 Å². The van der Waals surface area contributed by atoms with E-state index in [4.69, 9.17) is 5.11 Å². The molecule has 1 aromatic rings. The van der Waals surface area contributed by atoms with Crippen molar-refractivity contribution in [1.82, 2.24) is 9.97 Å². The van der Waals surface area contributed by atoms with Gasteiger partial charge < -0.3 is 10.4 Å². The van der Waals surface area contributed by atoms with Gasteiger partial charge >= 0.3 is 5.97 Å². The average Bonchev–Trinajstić information content (AvgIpc) is 2.51. The van der Waals surface area contributed by atoms with Crippen molar-refractivity contribution in [2.24, 2.45) is 0 Å². The van der Waals surface area contributed by atoms with Gasteiger partial charge in [-0.2, -0.15) is 0 Å². The van der Waals surface area contributed by atoms with Gasteiger partial charge in [-0.3, -0.25) is 4.79 Å². The average molecular weight is 235 g/mol. The number of nitrogens with zero attached hydrogens (tertiary/aromatic N) is 2. The van der Waals surface area contributed by atoms with Gasteiger partial charge in [-0.25, -0.2) is 9.97 Å². The van der Waals surface area contributed by atoms with Crippen LogP contribution in [0.2, 0.25) is 0 Å². The van der Waals surface area contributed by atoms with Gasteiger partial charge in [0.25, 0.3) is 0 Å². The summed E-state index contributed by atoms with van der Waals surface area (Å²) in [5.74, 6) is -0.466. The molecule has 0 saturated carbocycles. The van der Waals surface area contributed by atoms with Crippen LogP contribution in [0, 0.1) is 6.92 Å². The highest BCUT2D eigenvalue weighted by Gasteiger charge is 2.14. The molecule has 0 amide bonds. The number of hydrogen-bond donors (Lipinski definition) is 2. The Labute approximate surface area is 100 Å². The zero-order valence-corrected chi connectivity index (χ0v) is 9.99. The molecule has 2 rings (SSSR count). The van der Waals surface area contributed by atoms with Crippen LogP contribution >= 0.6 is 0 Å². The van der Waals surface area contributed by atoms with Gasteiger partial charge in [0.15, 0.2) is 0 Å². The van der Waals surface area contributed by atoms with E-state index >= 15 is 0 Å². The molecular formula is C12H17N3O2. The van der Waals surface area contributed by atoms with Gasteiger partial charge in [-0.05, 0) is 38.2 Å². The Morgan fingerprint density at radius 3 is 2.82 bits per heavy atom. The maximum atomic E-state index is 10.5. The standard InChI is InChI=1S/C12H17N3O2/c1-8-9-5-3-2-4-6-10(9)15-12(14-8)13-7-11(16)17/h2-7H2,1H3,(H,16,17)(H,13,14,15). The Bertz CT molecular complexity index is 432. The Morgan fingerprint density at radius 2 is 2.06 bits per heavy atom. The van der Waals surface area contributed by atoms with Crippen molar-refractivity contribution < 1.29 is 9.90 Å². The van der Waals surface area contributed by atoms with Gasteiger partial charge in [0.2, 0.25) is 5.95 Å². The van der Waals surface area contributed by atoms with Crippen LogP contribution in [-0.4, -0.2) is 27.6 Å². The molecule has 0 aromatic carbocycles. The molecule has 5 nitrogen and oxygen atoms in total. The number of carboxylic acid groups (broad SMARTS) is 1. The first-order chi connectivity index (χ1) is 8.16. The summed E-state index contributed by atoms with van der Waals surface area (Å²) in [5, 5.41) is 11.3. The molecule has 1 aliphatic rings. The van der Waals surface area contributed by atoms with E-state index in [1.54, 1.807) is 0 Å². The lowest BCUT2D eigenvalue weighted by atomic mass is 10.1. The minimum atomic E-state index is -0.902. The Balaban J connectivity index is 2.22. The van der Waals surface area contributed by atoms with E-state index < -0.39 is 5.97 Å². The normalized spacial score (nSPS) is 14.9. The number of aryl methyl sites for hydroxylation is 2. The summed E-state index contributed by atoms with van der Waals surface area (Å²) in [6.07, 6.45) is 5.59. The Hall–Kier alpha value is -1.65. The number of nitrogens with one attached hydrogen (secondary N) is 1. The summed E-state index contributed by atoms with van der Waals surface area (Å²) >= 11 is 0. The minimum Gasteiger partial charge on any atom is -0.480 e. The van der Waals surface area contributed by atoms with Crippen molar-refractivity contribution in [2.75, 3.05) is 11.9 Å². The largest absolute Gasteiger partial charge is 0.480 e. The van der Waals surface area contributed by atoms with E-state index in [0.29, 0.717) is 5.95 Å². The van der Waals surface area contributed by atoms with Crippen molar-refractivity contribution in [3.63, 3.8) is 0 Å². The maximum Gasteiger partial charge on any atom is 0.322 e. The number of rotatable bonds is 3. The summed E-state index contributed by atoms with van der Waals surface area (Å²) < 4.78 is 0. The van der Waals surface area contributed by atoms with E-state index in [0.717, 1.165) is 30.7 Å². The zero-order valence-electron chi connectivity index (χ0n) is 9.99. The Kier molecular flexibility index (Phi) is 3.56. The zero-order chi connectivity index (χ0) is 12.3. The second-order valence-corrected chi connectivity index (χ2v) is 4.37. The van der Waals surface area contributed by atoms with E-state index in [9.17, 15) is 4.79 Å². The van der Waals surface area contributed by atoms with Crippen molar-refractivity contribution in [3.05, 3.63) is 17.0 Å². The molecular weight excluding hydrogens is 218 g/mol. The number of fused-ring (bicyclic) bond motifs is 1. The van der Waals surface area contributed by atoms with Crippen molar-refractivity contribution in [1.29, 1.82) is 0 Å². The lowest BCUT2D eigenvalue weighted by molar-refractivity contribution is -0.134. The van der Waals surface area contributed by atoms with E-state index in [1.165, 1.54) is 18.4 Å². The quantitative estimate of drug-likeness (QED) is 0.777. The highest BCUT2D eigenvalue weighted by molar-refractivity contribution is 5.71. The third-order valence-electron chi connectivity index (χ3n) is 3.04. The molecule has 0 atom stereocenters. The lowest BCUT2D eigenvalue weighted by Gasteiger charge is -2.10. The van der Waals surface area contributed by atoms with E-state index in [1.807, 2.05) is 6.92 Å². The van der Waals surface area contributed by atoms with E-state index in [2.05, 4.69) is 15.3 Å². The van der Waals surface area contributed by atoms with E-state index in [-0.39, 0.29) is 6.54 Å². The molecule has 0 saturated heterocycles. The van der Waals surface area contributed by atoms with Crippen LogP contribution < -0.4 is 5.32 Å². The smallest absolute Gasteiger partial charge is 0.322 e. The lowest BCUT2D eigenvalue weighted by Crippen LogP contribution is -2.16. The number of aliphatic carboxylic acids is 1. The van der Waals surface area contributed by atoms with Crippen LogP contribution in [0.3, 0.4) is 0 Å². The highest BCUT2D eigenvalue weighted by Crippen LogP contribution is 2.22. The topological polar surface area (TPSA) is 75.1 Å². The highest BCUT2D eigenvalue weighted by atomic mass is 16.4. The van der Waals surface area contributed by atoms with Crippen LogP contribution in [0.15, 0.2) is 0 Å². The predicted octanol–water partition coefficient (Wildman–Crippen LogP) is 1.55. The fraction of sp³-hybridized carbons (Fsp3) is 0.583. The molecule has 0 radical (unpaired) electrons. The third-order valence-corrected chi connectivity index (χ3v) is 3.04.